The van der Waals surface area contributed by atoms with Crippen LogP contribution < -0.4 is 0 Å². The van der Waals surface area contributed by atoms with E-state index in [9.17, 15) is 4.79 Å². The Kier molecular flexibility index (Phi) is 6.75. The largest absolute Gasteiger partial charge is 0.299 e. The molecule has 0 aliphatic heterocycles. The minimum Gasteiger partial charge on any atom is -0.299 e. The molecule has 1 heteroatoms. The summed E-state index contributed by atoms with van der Waals surface area (Å²) in [6.07, 6.45) is 12.2. The predicted octanol–water partition coefficient (Wildman–Crippen LogP) is 4.74. The lowest BCUT2D eigenvalue weighted by atomic mass is 9.97. The fourth-order valence-corrected chi connectivity index (χ4v) is 2.66. The van der Waals surface area contributed by atoms with Gasteiger partial charge in [-0.3, -0.25) is 4.79 Å². The molecule has 0 unspecified atom stereocenters. The summed E-state index contributed by atoms with van der Waals surface area (Å²) >= 11 is 0. The fraction of sp³-hybridized carbons (Fsp3) is 0.933. The van der Waals surface area contributed by atoms with Crippen LogP contribution in [0.15, 0.2) is 0 Å². The number of unbranched alkanes of at least 4 members (excludes halogenated alkanes) is 3. The molecule has 0 heterocycles. The standard InChI is InChI=1S/C15H28O/c1-13(2)9-5-3-4-6-12-15(16)14-10-7-8-11-14/h13-14H,3-12H2,1-2H3. The third kappa shape index (κ3) is 5.67. The molecule has 0 atom stereocenters. The van der Waals surface area contributed by atoms with Gasteiger partial charge in [0.1, 0.15) is 5.78 Å². The topological polar surface area (TPSA) is 17.1 Å². The van der Waals surface area contributed by atoms with Crippen LogP contribution in [0.5, 0.6) is 0 Å². The second kappa shape index (κ2) is 7.86. The van der Waals surface area contributed by atoms with Crippen molar-refractivity contribution in [1.82, 2.24) is 0 Å². The first-order valence-corrected chi connectivity index (χ1v) is 7.23. The molecule has 0 N–H and O–H groups in total. The Hall–Kier alpha value is -0.330. The maximum Gasteiger partial charge on any atom is 0.135 e. The lowest BCUT2D eigenvalue weighted by Gasteiger charge is -2.07. The molecule has 0 amide bonds. The summed E-state index contributed by atoms with van der Waals surface area (Å²) < 4.78 is 0. The van der Waals surface area contributed by atoms with Crippen LogP contribution >= 0.6 is 0 Å². The Morgan fingerprint density at radius 3 is 2.31 bits per heavy atom. The van der Waals surface area contributed by atoms with Crippen LogP contribution in [0.4, 0.5) is 0 Å². The molecular formula is C15H28O. The molecule has 1 nitrogen and oxygen atoms in total. The Morgan fingerprint density at radius 1 is 1.06 bits per heavy atom. The highest BCUT2D eigenvalue weighted by atomic mass is 16.1. The SMILES string of the molecule is CC(C)CCCCCCC(=O)C1CCCC1. The van der Waals surface area contributed by atoms with Crippen LogP contribution in [0.2, 0.25) is 0 Å². The summed E-state index contributed by atoms with van der Waals surface area (Å²) in [7, 11) is 0. The van der Waals surface area contributed by atoms with Crippen molar-refractivity contribution in [3.05, 3.63) is 0 Å². The van der Waals surface area contributed by atoms with Gasteiger partial charge in [0.2, 0.25) is 0 Å². The van der Waals surface area contributed by atoms with E-state index in [2.05, 4.69) is 13.8 Å². The van der Waals surface area contributed by atoms with Gasteiger partial charge in [-0.1, -0.05) is 52.4 Å². The van der Waals surface area contributed by atoms with Crippen molar-refractivity contribution < 1.29 is 4.79 Å². The molecule has 0 saturated heterocycles. The van der Waals surface area contributed by atoms with Gasteiger partial charge in [0.05, 0.1) is 0 Å². The molecule has 0 aromatic rings. The minimum absolute atomic E-state index is 0.440. The van der Waals surface area contributed by atoms with E-state index in [1.165, 1.54) is 51.4 Å². The number of rotatable bonds is 8. The van der Waals surface area contributed by atoms with Crippen LogP contribution in [-0.4, -0.2) is 5.78 Å². The second-order valence-electron chi connectivity index (χ2n) is 5.79. The number of carbonyl (C=O) groups is 1. The Labute approximate surface area is 101 Å². The lowest BCUT2D eigenvalue weighted by Crippen LogP contribution is -2.09. The zero-order valence-electron chi connectivity index (χ0n) is 11.1. The van der Waals surface area contributed by atoms with Gasteiger partial charge in [0, 0.05) is 12.3 Å². The zero-order chi connectivity index (χ0) is 11.8. The van der Waals surface area contributed by atoms with Crippen molar-refractivity contribution in [2.45, 2.75) is 78.1 Å². The highest BCUT2D eigenvalue weighted by Gasteiger charge is 2.21. The van der Waals surface area contributed by atoms with Gasteiger partial charge < -0.3 is 0 Å². The summed E-state index contributed by atoms with van der Waals surface area (Å²) in [6, 6.07) is 0. The number of hydrogen-bond acceptors (Lipinski definition) is 1. The molecule has 1 aliphatic carbocycles. The van der Waals surface area contributed by atoms with Gasteiger partial charge in [0.15, 0.2) is 0 Å². The maximum absolute atomic E-state index is 11.8. The Morgan fingerprint density at radius 2 is 1.69 bits per heavy atom. The summed E-state index contributed by atoms with van der Waals surface area (Å²) in [4.78, 5) is 11.8. The zero-order valence-corrected chi connectivity index (χ0v) is 11.1. The number of carbonyl (C=O) groups excluding carboxylic acids is 1. The van der Waals surface area contributed by atoms with Crippen LogP contribution in [-0.2, 0) is 4.79 Å². The third-order valence-corrected chi connectivity index (χ3v) is 3.77. The first kappa shape index (κ1) is 13.7. The average Bonchev–Trinajstić information content (AvgIpc) is 2.75. The molecule has 0 aromatic carbocycles. The van der Waals surface area contributed by atoms with E-state index < -0.39 is 0 Å². The van der Waals surface area contributed by atoms with E-state index in [1.807, 2.05) is 0 Å². The number of ketones is 1. The molecular weight excluding hydrogens is 196 g/mol. The van der Waals surface area contributed by atoms with Crippen LogP contribution in [0.3, 0.4) is 0 Å². The normalized spacial score (nSPS) is 17.2. The third-order valence-electron chi connectivity index (χ3n) is 3.77. The quantitative estimate of drug-likeness (QED) is 0.544. The first-order valence-electron chi connectivity index (χ1n) is 7.23. The molecule has 0 radical (unpaired) electrons. The molecule has 1 rings (SSSR count). The monoisotopic (exact) mass is 224 g/mol. The van der Waals surface area contributed by atoms with E-state index in [1.54, 1.807) is 0 Å². The molecule has 0 spiro atoms. The summed E-state index contributed by atoms with van der Waals surface area (Å²) in [5, 5.41) is 0. The fourth-order valence-electron chi connectivity index (χ4n) is 2.66. The minimum atomic E-state index is 0.440. The van der Waals surface area contributed by atoms with Gasteiger partial charge >= 0.3 is 0 Å². The van der Waals surface area contributed by atoms with Crippen LogP contribution in [0.1, 0.15) is 78.1 Å². The molecule has 16 heavy (non-hydrogen) atoms. The van der Waals surface area contributed by atoms with Crippen LogP contribution in [0, 0.1) is 11.8 Å². The number of hydrogen-bond donors (Lipinski definition) is 0. The highest BCUT2D eigenvalue weighted by molar-refractivity contribution is 5.81. The van der Waals surface area contributed by atoms with E-state index >= 15 is 0 Å². The molecule has 1 saturated carbocycles. The van der Waals surface area contributed by atoms with Crippen molar-refractivity contribution in [3.8, 4) is 0 Å². The molecule has 0 bridgehead atoms. The van der Waals surface area contributed by atoms with Crippen molar-refractivity contribution in [2.75, 3.05) is 0 Å². The van der Waals surface area contributed by atoms with Crippen LogP contribution in [0.25, 0.3) is 0 Å². The smallest absolute Gasteiger partial charge is 0.135 e. The van der Waals surface area contributed by atoms with Crippen molar-refractivity contribution in [3.63, 3.8) is 0 Å². The molecule has 1 fully saturated rings. The Bertz CT molecular complexity index is 190. The van der Waals surface area contributed by atoms with E-state index in [-0.39, 0.29) is 0 Å². The van der Waals surface area contributed by atoms with Gasteiger partial charge in [-0.2, -0.15) is 0 Å². The predicted molar refractivity (Wildman–Crippen MR) is 69.5 cm³/mol. The molecule has 94 valence electrons. The van der Waals surface area contributed by atoms with E-state index in [4.69, 9.17) is 0 Å². The van der Waals surface area contributed by atoms with Gasteiger partial charge in [-0.05, 0) is 25.2 Å². The van der Waals surface area contributed by atoms with Crippen molar-refractivity contribution in [1.29, 1.82) is 0 Å². The number of Topliss-reactive ketones (excluding diaryl/α,β-unsaturated/α-hetero) is 1. The molecule has 1 aliphatic rings. The van der Waals surface area contributed by atoms with E-state index in [0.29, 0.717) is 11.7 Å². The molecule has 0 aromatic heterocycles. The van der Waals surface area contributed by atoms with Crippen molar-refractivity contribution in [2.24, 2.45) is 11.8 Å². The van der Waals surface area contributed by atoms with Gasteiger partial charge in [-0.15, -0.1) is 0 Å². The summed E-state index contributed by atoms with van der Waals surface area (Å²) in [5.41, 5.74) is 0. The van der Waals surface area contributed by atoms with Crippen molar-refractivity contribution >= 4 is 5.78 Å². The summed E-state index contributed by atoms with van der Waals surface area (Å²) in [5.74, 6) is 1.83. The summed E-state index contributed by atoms with van der Waals surface area (Å²) in [6.45, 7) is 4.56. The van der Waals surface area contributed by atoms with Gasteiger partial charge in [-0.25, -0.2) is 0 Å². The van der Waals surface area contributed by atoms with E-state index in [0.717, 1.165) is 18.8 Å². The Balaban J connectivity index is 1.92. The second-order valence-corrected chi connectivity index (χ2v) is 5.79. The maximum atomic E-state index is 11.8. The first-order chi connectivity index (χ1) is 7.70. The van der Waals surface area contributed by atoms with Gasteiger partial charge in [0.25, 0.3) is 0 Å². The average molecular weight is 224 g/mol. The lowest BCUT2D eigenvalue weighted by molar-refractivity contribution is -0.122. The highest BCUT2D eigenvalue weighted by Crippen LogP contribution is 2.27.